The Morgan fingerprint density at radius 1 is 1.23 bits per heavy atom. The third kappa shape index (κ3) is 5.25. The average Bonchev–Trinajstić information content (AvgIpc) is 2.76. The van der Waals surface area contributed by atoms with Crippen LogP contribution in [0.3, 0.4) is 0 Å². The summed E-state index contributed by atoms with van der Waals surface area (Å²) in [4.78, 5) is 0. The van der Waals surface area contributed by atoms with E-state index in [0.717, 1.165) is 38.5 Å². The molecule has 1 atom stereocenters. The van der Waals surface area contributed by atoms with Gasteiger partial charge in [-0.3, -0.25) is 0 Å². The van der Waals surface area contributed by atoms with E-state index in [9.17, 15) is 13.2 Å². The van der Waals surface area contributed by atoms with E-state index in [1.807, 2.05) is 0 Å². The second-order valence-electron chi connectivity index (χ2n) is 8.33. The number of rotatable bonds is 8. The summed E-state index contributed by atoms with van der Waals surface area (Å²) in [5.74, 6) is -3.13. The molecule has 31 heavy (non-hydrogen) atoms. The molecule has 5 heteroatoms. The van der Waals surface area contributed by atoms with Crippen LogP contribution < -0.4 is 4.74 Å². The van der Waals surface area contributed by atoms with Crippen molar-refractivity contribution >= 4 is 0 Å². The minimum absolute atomic E-state index is 0.175. The van der Waals surface area contributed by atoms with Gasteiger partial charge in [0.25, 0.3) is 0 Å². The lowest BCUT2D eigenvalue weighted by molar-refractivity contribution is 0.220. The van der Waals surface area contributed by atoms with Crippen molar-refractivity contribution in [1.29, 1.82) is 0 Å². The van der Waals surface area contributed by atoms with E-state index < -0.39 is 17.5 Å². The van der Waals surface area contributed by atoms with E-state index in [1.165, 1.54) is 5.57 Å². The molecule has 0 saturated carbocycles. The van der Waals surface area contributed by atoms with Crippen LogP contribution in [0, 0.1) is 17.6 Å². The third-order valence-corrected chi connectivity index (χ3v) is 6.01. The molecule has 2 nitrogen and oxygen atoms in total. The van der Waals surface area contributed by atoms with Gasteiger partial charge < -0.3 is 9.47 Å². The molecule has 0 bridgehead atoms. The van der Waals surface area contributed by atoms with Crippen LogP contribution in [0.4, 0.5) is 13.2 Å². The van der Waals surface area contributed by atoms with Crippen LogP contribution in [0.1, 0.15) is 63.5 Å². The maximum absolute atomic E-state index is 14.8. The first-order valence-electron chi connectivity index (χ1n) is 11.1. The Kier molecular flexibility index (Phi) is 7.69. The molecule has 0 aromatic heterocycles. The number of allylic oxidation sites excluding steroid dienone is 4. The highest BCUT2D eigenvalue weighted by molar-refractivity contribution is 5.51. The Hall–Kier alpha value is -2.43. The summed E-state index contributed by atoms with van der Waals surface area (Å²) < 4.78 is 54.6. The van der Waals surface area contributed by atoms with Crippen molar-refractivity contribution in [3.8, 4) is 5.75 Å². The lowest BCUT2D eigenvalue weighted by atomic mass is 9.84. The summed E-state index contributed by atoms with van der Waals surface area (Å²) >= 11 is 0. The fraction of sp³-hybridized carbons (Fsp3) is 0.462. The van der Waals surface area contributed by atoms with Gasteiger partial charge in [0.15, 0.2) is 23.1 Å². The van der Waals surface area contributed by atoms with Gasteiger partial charge >= 0.3 is 0 Å². The molecule has 1 aromatic carbocycles. The summed E-state index contributed by atoms with van der Waals surface area (Å²) in [6.07, 6.45) is 9.26. The van der Waals surface area contributed by atoms with Crippen LogP contribution in [-0.4, -0.2) is 6.61 Å². The van der Waals surface area contributed by atoms with Gasteiger partial charge in [-0.1, -0.05) is 38.2 Å². The lowest BCUT2D eigenvalue weighted by Gasteiger charge is -2.25. The van der Waals surface area contributed by atoms with Crippen molar-refractivity contribution in [2.75, 3.05) is 6.61 Å². The van der Waals surface area contributed by atoms with Crippen LogP contribution in [0.25, 0.3) is 0 Å². The zero-order chi connectivity index (χ0) is 22.5. The molecule has 2 aliphatic rings. The van der Waals surface area contributed by atoms with Crippen LogP contribution in [0.15, 0.2) is 53.8 Å². The molecule has 0 saturated heterocycles. The van der Waals surface area contributed by atoms with Gasteiger partial charge in [-0.15, -0.1) is 0 Å². The van der Waals surface area contributed by atoms with Gasteiger partial charge in [0.2, 0.25) is 11.6 Å². The van der Waals surface area contributed by atoms with Crippen molar-refractivity contribution in [1.82, 2.24) is 0 Å². The maximum atomic E-state index is 14.8. The van der Waals surface area contributed by atoms with Gasteiger partial charge in [0.05, 0.1) is 6.61 Å². The number of fused-ring (bicyclic) bond motifs is 1. The number of halogens is 3. The number of aryl methyl sites for hydroxylation is 1. The first-order chi connectivity index (χ1) is 14.8. The minimum atomic E-state index is -1.08. The topological polar surface area (TPSA) is 18.5 Å². The van der Waals surface area contributed by atoms with Crippen LogP contribution >= 0.6 is 0 Å². The summed E-state index contributed by atoms with van der Waals surface area (Å²) in [6.45, 7) is 11.4. The quantitative estimate of drug-likeness (QED) is 0.310. The Bertz CT molecular complexity index is 927. The number of ether oxygens (including phenoxy) is 2. The minimum Gasteiger partial charge on any atom is -0.491 e. The van der Waals surface area contributed by atoms with Gasteiger partial charge in [-0.2, -0.15) is 8.78 Å². The number of hydrogen-bond acceptors (Lipinski definition) is 2. The highest BCUT2D eigenvalue weighted by Gasteiger charge is 2.29. The molecule has 1 heterocycles. The Morgan fingerprint density at radius 2 is 2.00 bits per heavy atom. The fourth-order valence-electron chi connectivity index (χ4n) is 4.31. The molecule has 0 amide bonds. The smallest absolute Gasteiger partial charge is 0.207 e. The normalized spacial score (nSPS) is 20.0. The summed E-state index contributed by atoms with van der Waals surface area (Å²) in [5, 5.41) is 0. The van der Waals surface area contributed by atoms with E-state index in [0.29, 0.717) is 29.0 Å². The Labute approximate surface area is 183 Å². The molecule has 1 aromatic rings. The molecule has 1 aliphatic carbocycles. The number of benzene rings is 1. The van der Waals surface area contributed by atoms with Crippen molar-refractivity contribution in [2.45, 2.75) is 65.2 Å². The molecule has 3 rings (SSSR count). The first-order valence-corrected chi connectivity index (χ1v) is 11.1. The van der Waals surface area contributed by atoms with E-state index in [1.54, 1.807) is 13.0 Å². The van der Waals surface area contributed by atoms with E-state index in [2.05, 4.69) is 26.2 Å². The predicted octanol–water partition coefficient (Wildman–Crippen LogP) is 7.65. The molecule has 0 fully saturated rings. The highest BCUT2D eigenvalue weighted by atomic mass is 19.2. The van der Waals surface area contributed by atoms with E-state index in [-0.39, 0.29) is 30.3 Å². The molecule has 1 aliphatic heterocycles. The van der Waals surface area contributed by atoms with E-state index in [4.69, 9.17) is 9.47 Å². The monoisotopic (exact) mass is 432 g/mol. The maximum Gasteiger partial charge on any atom is 0.207 e. The average molecular weight is 433 g/mol. The third-order valence-electron chi connectivity index (χ3n) is 6.01. The van der Waals surface area contributed by atoms with Gasteiger partial charge in [-0.05, 0) is 68.6 Å². The molecule has 0 N–H and O–H groups in total. The first kappa shape index (κ1) is 23.2. The predicted molar refractivity (Wildman–Crippen MR) is 117 cm³/mol. The second-order valence-corrected chi connectivity index (χ2v) is 8.33. The molecule has 1 unspecified atom stereocenters. The summed E-state index contributed by atoms with van der Waals surface area (Å²) in [7, 11) is 0. The van der Waals surface area contributed by atoms with Gasteiger partial charge in [0.1, 0.15) is 0 Å². The highest BCUT2D eigenvalue weighted by Crippen LogP contribution is 2.39. The fourth-order valence-corrected chi connectivity index (χ4v) is 4.31. The van der Waals surface area contributed by atoms with E-state index >= 15 is 0 Å². The largest absolute Gasteiger partial charge is 0.491 e. The Morgan fingerprint density at radius 3 is 2.65 bits per heavy atom. The van der Waals surface area contributed by atoms with Crippen LogP contribution in [0.2, 0.25) is 0 Å². The SMILES string of the molecule is C=C(OCC)/C(F)=C1/Oc2c(cc(CCC3CC=C(CCC)CC3)c(F)c2F)CC1=C. The lowest BCUT2D eigenvalue weighted by Crippen LogP contribution is -2.16. The molecular formula is C26H31F3O2. The van der Waals surface area contributed by atoms with Crippen molar-refractivity contribution in [3.05, 3.63) is 76.6 Å². The molecular weight excluding hydrogens is 401 g/mol. The van der Waals surface area contributed by atoms with Gasteiger partial charge in [0, 0.05) is 12.0 Å². The van der Waals surface area contributed by atoms with Crippen LogP contribution in [0.5, 0.6) is 5.75 Å². The summed E-state index contributed by atoms with van der Waals surface area (Å²) in [6, 6.07) is 1.63. The standard InChI is InChI=1S/C26H31F3O2/c1-5-7-18-8-10-19(11-9-18)12-13-20-15-21-14-16(3)25(22(27)17(4)30-6-2)31-26(21)24(29)23(20)28/h8,15,19H,3-7,9-14H2,1-2H3/b25-22-. The Balaban J connectivity index is 1.76. The number of hydrogen-bond donors (Lipinski definition) is 0. The molecule has 0 radical (unpaired) electrons. The summed E-state index contributed by atoms with van der Waals surface area (Å²) in [5.41, 5.74) is 2.67. The zero-order valence-corrected chi connectivity index (χ0v) is 18.5. The van der Waals surface area contributed by atoms with Crippen molar-refractivity contribution < 1.29 is 22.6 Å². The van der Waals surface area contributed by atoms with Crippen LogP contribution in [-0.2, 0) is 17.6 Å². The molecule has 0 spiro atoms. The van der Waals surface area contributed by atoms with Crippen molar-refractivity contribution in [2.24, 2.45) is 5.92 Å². The van der Waals surface area contributed by atoms with Crippen molar-refractivity contribution in [3.63, 3.8) is 0 Å². The molecule has 168 valence electrons. The zero-order valence-electron chi connectivity index (χ0n) is 18.5. The van der Waals surface area contributed by atoms with Gasteiger partial charge in [-0.25, -0.2) is 4.39 Å². The second kappa shape index (κ2) is 10.3.